The zero-order valence-corrected chi connectivity index (χ0v) is 14.2. The van der Waals surface area contributed by atoms with Crippen molar-refractivity contribution in [1.82, 2.24) is 9.66 Å². The summed E-state index contributed by atoms with van der Waals surface area (Å²) in [5.41, 5.74) is 5.43. The highest BCUT2D eigenvalue weighted by atomic mass is 16.2. The SMILES string of the molecule is CC(C)c1nc2ccccc2c(=O)n1NC(=O)C1Cc2ccccc21. The molecule has 1 N–H and O–H groups in total. The van der Waals surface area contributed by atoms with Crippen LogP contribution >= 0.6 is 0 Å². The number of nitrogens with zero attached hydrogens (tertiary/aromatic N) is 2. The van der Waals surface area contributed by atoms with Crippen LogP contribution in [0, 0.1) is 0 Å². The van der Waals surface area contributed by atoms with Crippen molar-refractivity contribution in [2.24, 2.45) is 0 Å². The van der Waals surface area contributed by atoms with Crippen molar-refractivity contribution >= 4 is 16.8 Å². The van der Waals surface area contributed by atoms with Crippen LogP contribution in [0.2, 0.25) is 0 Å². The van der Waals surface area contributed by atoms with Crippen molar-refractivity contribution in [3.8, 4) is 0 Å². The van der Waals surface area contributed by atoms with Crippen molar-refractivity contribution in [3.63, 3.8) is 0 Å². The molecule has 4 rings (SSSR count). The van der Waals surface area contributed by atoms with E-state index in [4.69, 9.17) is 0 Å². The first kappa shape index (κ1) is 15.6. The van der Waals surface area contributed by atoms with Crippen LogP contribution in [0.25, 0.3) is 10.9 Å². The number of nitrogens with one attached hydrogen (secondary N) is 1. The third-order valence-electron chi connectivity index (χ3n) is 4.71. The van der Waals surface area contributed by atoms with Crippen LogP contribution in [0.1, 0.15) is 42.6 Å². The Morgan fingerprint density at radius 2 is 1.88 bits per heavy atom. The molecule has 1 aromatic heterocycles. The fraction of sp³-hybridized carbons (Fsp3) is 0.250. The molecule has 1 aliphatic carbocycles. The van der Waals surface area contributed by atoms with E-state index in [-0.39, 0.29) is 23.3 Å². The molecule has 0 saturated heterocycles. The summed E-state index contributed by atoms with van der Waals surface area (Å²) >= 11 is 0. The summed E-state index contributed by atoms with van der Waals surface area (Å²) in [6.07, 6.45) is 0.703. The van der Waals surface area contributed by atoms with E-state index in [1.54, 1.807) is 12.1 Å². The number of fused-ring (bicyclic) bond motifs is 2. The second-order valence-corrected chi connectivity index (χ2v) is 6.71. The summed E-state index contributed by atoms with van der Waals surface area (Å²) in [4.78, 5) is 30.2. The largest absolute Gasteiger partial charge is 0.280 e. The predicted octanol–water partition coefficient (Wildman–Crippen LogP) is 2.93. The number of carbonyl (C=O) groups is 1. The Bertz CT molecular complexity index is 1040. The third kappa shape index (κ3) is 2.52. The van der Waals surface area contributed by atoms with Crippen molar-refractivity contribution in [3.05, 3.63) is 75.8 Å². The molecule has 1 heterocycles. The number of para-hydroxylation sites is 1. The van der Waals surface area contributed by atoms with Gasteiger partial charge in [0.15, 0.2) is 0 Å². The summed E-state index contributed by atoms with van der Waals surface area (Å²) in [6, 6.07) is 15.1. The molecule has 5 nitrogen and oxygen atoms in total. The molecule has 0 aliphatic heterocycles. The molecule has 25 heavy (non-hydrogen) atoms. The molecule has 5 heteroatoms. The molecule has 1 aliphatic rings. The molecule has 1 amide bonds. The quantitative estimate of drug-likeness (QED) is 0.801. The normalized spacial score (nSPS) is 15.7. The van der Waals surface area contributed by atoms with Gasteiger partial charge in [-0.1, -0.05) is 50.2 Å². The van der Waals surface area contributed by atoms with Gasteiger partial charge in [-0.05, 0) is 29.7 Å². The zero-order valence-electron chi connectivity index (χ0n) is 14.2. The van der Waals surface area contributed by atoms with Crippen molar-refractivity contribution in [2.45, 2.75) is 32.1 Å². The molecular weight excluding hydrogens is 314 g/mol. The minimum absolute atomic E-state index is 0.00582. The Hall–Kier alpha value is -2.95. The number of aromatic nitrogens is 2. The lowest BCUT2D eigenvalue weighted by molar-refractivity contribution is -0.119. The first-order chi connectivity index (χ1) is 12.1. The topological polar surface area (TPSA) is 64.0 Å². The standard InChI is InChI=1S/C20H19N3O2/c1-12(2)18-21-17-10-6-5-9-15(17)20(25)23(18)22-19(24)16-11-13-7-3-4-8-14(13)16/h3-10,12,16H,11H2,1-2H3,(H,22,24). The number of hydrogen-bond acceptors (Lipinski definition) is 3. The predicted molar refractivity (Wildman–Crippen MR) is 97.3 cm³/mol. The number of amides is 1. The van der Waals surface area contributed by atoms with Crippen LogP contribution in [-0.4, -0.2) is 15.6 Å². The number of hydrogen-bond donors (Lipinski definition) is 1. The van der Waals surface area contributed by atoms with Gasteiger partial charge in [0, 0.05) is 5.92 Å². The summed E-state index contributed by atoms with van der Waals surface area (Å²) in [5.74, 6) is 0.185. The van der Waals surface area contributed by atoms with E-state index in [0.717, 1.165) is 5.56 Å². The van der Waals surface area contributed by atoms with Crippen LogP contribution < -0.4 is 11.0 Å². The highest BCUT2D eigenvalue weighted by Gasteiger charge is 2.32. The lowest BCUT2D eigenvalue weighted by Crippen LogP contribution is -2.41. The molecule has 2 aromatic carbocycles. The Labute approximate surface area is 145 Å². The van der Waals surface area contributed by atoms with Gasteiger partial charge in [-0.3, -0.25) is 15.0 Å². The zero-order chi connectivity index (χ0) is 17.6. The molecule has 1 atom stereocenters. The Morgan fingerprint density at radius 3 is 2.64 bits per heavy atom. The molecule has 1 unspecified atom stereocenters. The molecule has 126 valence electrons. The van der Waals surface area contributed by atoms with Gasteiger partial charge in [-0.2, -0.15) is 0 Å². The van der Waals surface area contributed by atoms with Crippen molar-refractivity contribution in [1.29, 1.82) is 0 Å². The average Bonchev–Trinajstić information content (AvgIpc) is 2.58. The summed E-state index contributed by atoms with van der Waals surface area (Å²) in [7, 11) is 0. The highest BCUT2D eigenvalue weighted by molar-refractivity contribution is 5.93. The van der Waals surface area contributed by atoms with E-state index in [1.807, 2.05) is 50.2 Å². The lowest BCUT2D eigenvalue weighted by atomic mass is 9.77. The minimum Gasteiger partial charge on any atom is -0.273 e. The van der Waals surface area contributed by atoms with Crippen LogP contribution in [-0.2, 0) is 11.2 Å². The second-order valence-electron chi connectivity index (χ2n) is 6.71. The average molecular weight is 333 g/mol. The second kappa shape index (κ2) is 5.84. The fourth-order valence-corrected chi connectivity index (χ4v) is 3.33. The van der Waals surface area contributed by atoms with Gasteiger partial charge in [0.2, 0.25) is 5.91 Å². The summed E-state index contributed by atoms with van der Waals surface area (Å²) in [5, 5.41) is 0.501. The molecule has 0 radical (unpaired) electrons. The monoisotopic (exact) mass is 333 g/mol. The van der Waals surface area contributed by atoms with Crippen molar-refractivity contribution in [2.75, 3.05) is 5.43 Å². The lowest BCUT2D eigenvalue weighted by Gasteiger charge is -2.29. The van der Waals surface area contributed by atoms with Crippen LogP contribution in [0.3, 0.4) is 0 Å². The molecule has 0 spiro atoms. The number of benzene rings is 2. The van der Waals surface area contributed by atoms with E-state index >= 15 is 0 Å². The van der Waals surface area contributed by atoms with Gasteiger partial charge in [0.05, 0.1) is 16.8 Å². The smallest absolute Gasteiger partial charge is 0.273 e. The molecular formula is C20H19N3O2. The maximum absolute atomic E-state index is 12.9. The maximum atomic E-state index is 12.9. The van der Waals surface area contributed by atoms with Crippen LogP contribution in [0.5, 0.6) is 0 Å². The maximum Gasteiger partial charge on any atom is 0.280 e. The van der Waals surface area contributed by atoms with Gasteiger partial charge in [0.25, 0.3) is 5.56 Å². The Kier molecular flexibility index (Phi) is 3.64. The molecule has 3 aromatic rings. The first-order valence-electron chi connectivity index (χ1n) is 8.46. The Balaban J connectivity index is 1.74. The van der Waals surface area contributed by atoms with Crippen molar-refractivity contribution < 1.29 is 4.79 Å². The third-order valence-corrected chi connectivity index (χ3v) is 4.71. The van der Waals surface area contributed by atoms with Gasteiger partial charge < -0.3 is 0 Å². The fourth-order valence-electron chi connectivity index (χ4n) is 3.33. The van der Waals surface area contributed by atoms with E-state index < -0.39 is 0 Å². The Morgan fingerprint density at radius 1 is 1.16 bits per heavy atom. The van der Waals surface area contributed by atoms with Gasteiger partial charge in [0.1, 0.15) is 5.82 Å². The molecule has 0 saturated carbocycles. The number of rotatable bonds is 3. The first-order valence-corrected chi connectivity index (χ1v) is 8.46. The molecule has 0 bridgehead atoms. The van der Waals surface area contributed by atoms with E-state index in [2.05, 4.69) is 10.4 Å². The highest BCUT2D eigenvalue weighted by Crippen LogP contribution is 2.35. The van der Waals surface area contributed by atoms with Gasteiger partial charge in [-0.25, -0.2) is 9.66 Å². The summed E-state index contributed by atoms with van der Waals surface area (Å²) < 4.78 is 1.32. The van der Waals surface area contributed by atoms with E-state index in [0.29, 0.717) is 23.1 Å². The minimum atomic E-state index is -0.241. The van der Waals surface area contributed by atoms with Gasteiger partial charge >= 0.3 is 0 Å². The van der Waals surface area contributed by atoms with Crippen LogP contribution in [0.15, 0.2) is 53.3 Å². The van der Waals surface area contributed by atoms with Crippen LogP contribution in [0.4, 0.5) is 0 Å². The summed E-state index contributed by atoms with van der Waals surface area (Å²) in [6.45, 7) is 3.91. The van der Waals surface area contributed by atoms with E-state index in [9.17, 15) is 9.59 Å². The van der Waals surface area contributed by atoms with E-state index in [1.165, 1.54) is 10.2 Å². The number of carbonyl (C=O) groups excluding carboxylic acids is 1. The molecule has 0 fully saturated rings. The van der Waals surface area contributed by atoms with Gasteiger partial charge in [-0.15, -0.1) is 0 Å².